The minimum Gasteiger partial charge on any atom is -0.474 e. The predicted molar refractivity (Wildman–Crippen MR) is 80.2 cm³/mol. The lowest BCUT2D eigenvalue weighted by molar-refractivity contribution is -0.398. The Labute approximate surface area is 122 Å². The lowest BCUT2D eigenvalue weighted by Crippen LogP contribution is -2.33. The number of hydrogen-bond acceptors (Lipinski definition) is 4. The molecule has 0 aromatic heterocycles. The number of ether oxygens (including phenoxy) is 1. The van der Waals surface area contributed by atoms with Crippen molar-refractivity contribution in [2.75, 3.05) is 0 Å². The van der Waals surface area contributed by atoms with Crippen molar-refractivity contribution in [3.8, 4) is 0 Å². The van der Waals surface area contributed by atoms with Crippen LogP contribution in [0, 0.1) is 0 Å². The molecule has 2 aliphatic heterocycles. The van der Waals surface area contributed by atoms with E-state index in [1.54, 1.807) is 6.92 Å². The Morgan fingerprint density at radius 3 is 2.81 bits per heavy atom. The molecule has 0 aromatic rings. The van der Waals surface area contributed by atoms with Crippen LogP contribution >= 0.6 is 0 Å². The summed E-state index contributed by atoms with van der Waals surface area (Å²) in [7, 11) is 0. The first kappa shape index (κ1) is 13.8. The van der Waals surface area contributed by atoms with Gasteiger partial charge in [0.05, 0.1) is 0 Å². The van der Waals surface area contributed by atoms with Gasteiger partial charge in [-0.25, -0.2) is 4.39 Å². The summed E-state index contributed by atoms with van der Waals surface area (Å²) < 4.78 is 21.2. The van der Waals surface area contributed by atoms with Crippen molar-refractivity contribution in [2.45, 2.75) is 44.4 Å². The molecule has 2 heterocycles. The van der Waals surface area contributed by atoms with Crippen LogP contribution in [0.25, 0.3) is 0 Å². The van der Waals surface area contributed by atoms with E-state index in [0.29, 0.717) is 43.0 Å². The number of hydrazone groups is 1. The average molecular weight is 290 g/mol. The third-order valence-electron chi connectivity index (χ3n) is 3.77. The zero-order chi connectivity index (χ0) is 14.9. The van der Waals surface area contributed by atoms with E-state index >= 15 is 0 Å². The van der Waals surface area contributed by atoms with Crippen molar-refractivity contribution in [1.82, 2.24) is 0 Å². The fourth-order valence-corrected chi connectivity index (χ4v) is 2.47. The first-order chi connectivity index (χ1) is 10.1. The maximum absolute atomic E-state index is 13.8. The second kappa shape index (κ2) is 5.31. The normalized spacial score (nSPS) is 35.2. The molecule has 3 rings (SSSR count). The molecule has 0 spiro atoms. The molecule has 0 radical (unpaired) electrons. The fraction of sp³-hybridized carbons (Fsp3) is 0.500. The third-order valence-corrected chi connectivity index (χ3v) is 3.77. The van der Waals surface area contributed by atoms with E-state index < -0.39 is 5.67 Å². The summed E-state index contributed by atoms with van der Waals surface area (Å²) in [6, 6.07) is 0. The molecule has 0 aromatic carbocycles. The first-order valence-electron chi connectivity index (χ1n) is 6.93. The second-order valence-electron chi connectivity index (χ2n) is 5.55. The number of amidine groups is 1. The first-order valence-corrected chi connectivity index (χ1v) is 6.93. The van der Waals surface area contributed by atoms with Crippen molar-refractivity contribution >= 4 is 30.7 Å². The highest BCUT2D eigenvalue weighted by Crippen LogP contribution is 2.33. The molecular weight excluding hydrogens is 273 g/mol. The van der Waals surface area contributed by atoms with Crippen LogP contribution in [0.2, 0.25) is 0 Å². The highest BCUT2D eigenvalue weighted by molar-refractivity contribution is 6.24. The number of aliphatic imine (C=N–C) groups is 3. The summed E-state index contributed by atoms with van der Waals surface area (Å²) in [6.07, 6.45) is 6.69. The van der Waals surface area contributed by atoms with Gasteiger partial charge in [-0.1, -0.05) is 21.7 Å². The van der Waals surface area contributed by atoms with Crippen molar-refractivity contribution in [3.05, 3.63) is 12.2 Å². The molecule has 1 fully saturated rings. The molecule has 0 N–H and O–H groups in total. The Kier molecular flexibility index (Phi) is 3.48. The Bertz CT molecular complexity index is 591. The van der Waals surface area contributed by atoms with Crippen LogP contribution in [0.15, 0.2) is 32.2 Å². The van der Waals surface area contributed by atoms with Gasteiger partial charge in [-0.2, -0.15) is 4.99 Å². The molecule has 21 heavy (non-hydrogen) atoms. The summed E-state index contributed by atoms with van der Waals surface area (Å²) in [5.41, 5.74) is -0.526. The second-order valence-corrected chi connectivity index (χ2v) is 5.55. The molecule has 1 aliphatic carbocycles. The summed E-state index contributed by atoms with van der Waals surface area (Å²) in [6.45, 7) is 5.60. The Hall–Kier alpha value is -2.18. The van der Waals surface area contributed by atoms with Crippen molar-refractivity contribution in [3.63, 3.8) is 0 Å². The van der Waals surface area contributed by atoms with Crippen molar-refractivity contribution < 1.29 is 13.8 Å². The quantitative estimate of drug-likeness (QED) is 0.682. The Morgan fingerprint density at radius 2 is 2.14 bits per heavy atom. The van der Waals surface area contributed by atoms with E-state index in [1.807, 2.05) is 0 Å². The van der Waals surface area contributed by atoms with Gasteiger partial charge in [-0.3, -0.25) is 0 Å². The zero-order valence-electron chi connectivity index (χ0n) is 11.9. The molecule has 6 nitrogen and oxygen atoms in total. The van der Waals surface area contributed by atoms with Crippen molar-refractivity contribution in [1.29, 1.82) is 0 Å². The zero-order valence-corrected chi connectivity index (χ0v) is 11.9. The van der Waals surface area contributed by atoms with E-state index in [2.05, 4.69) is 26.7 Å². The molecule has 1 saturated carbocycles. The van der Waals surface area contributed by atoms with E-state index in [9.17, 15) is 4.39 Å². The van der Waals surface area contributed by atoms with Gasteiger partial charge < -0.3 is 4.74 Å². The maximum atomic E-state index is 13.8. The standard InChI is InChI=1S/C14H17FN5O/c1-10-12(20-9-16-7-19-20)17-8-18-13(10)21-11-3-5-14(2,15)6-4-11/h7-9,11H,1,3-6H2,2H3/q+1. The maximum Gasteiger partial charge on any atom is 0.300 e. The topological polar surface area (TPSA) is 61.7 Å². The highest BCUT2D eigenvalue weighted by atomic mass is 19.1. The van der Waals surface area contributed by atoms with Crippen LogP contribution in [0.3, 0.4) is 0 Å². The lowest BCUT2D eigenvalue weighted by Gasteiger charge is -2.31. The van der Waals surface area contributed by atoms with Crippen LogP contribution in [-0.4, -0.2) is 47.2 Å². The molecule has 0 bridgehead atoms. The van der Waals surface area contributed by atoms with Gasteiger partial charge >= 0.3 is 0 Å². The Morgan fingerprint density at radius 1 is 1.38 bits per heavy atom. The molecule has 110 valence electrons. The SMILES string of the molecule is C=C1C(OC2CCC(C)(F)CC2)=NC=N/C1=[N+]1/C=NC=N1. The predicted octanol–water partition coefficient (Wildman–Crippen LogP) is 2.07. The number of halogens is 1. The smallest absolute Gasteiger partial charge is 0.300 e. The number of rotatable bonds is 1. The van der Waals surface area contributed by atoms with E-state index in [1.165, 1.54) is 23.7 Å². The highest BCUT2D eigenvalue weighted by Gasteiger charge is 2.33. The minimum atomic E-state index is -1.08. The van der Waals surface area contributed by atoms with Gasteiger partial charge in [0.2, 0.25) is 12.2 Å². The van der Waals surface area contributed by atoms with Crippen LogP contribution in [0.1, 0.15) is 32.6 Å². The monoisotopic (exact) mass is 290 g/mol. The molecule has 3 aliphatic rings. The summed E-state index contributed by atoms with van der Waals surface area (Å²) >= 11 is 0. The van der Waals surface area contributed by atoms with Crippen molar-refractivity contribution in [2.24, 2.45) is 20.1 Å². The van der Waals surface area contributed by atoms with Crippen LogP contribution in [-0.2, 0) is 4.74 Å². The lowest BCUT2D eigenvalue weighted by atomic mass is 9.86. The number of alkyl halides is 1. The summed E-state index contributed by atoms with van der Waals surface area (Å²) in [5.74, 6) is 0.951. The van der Waals surface area contributed by atoms with E-state index in [4.69, 9.17) is 4.74 Å². The molecule has 7 heteroatoms. The molecule has 0 saturated heterocycles. The number of nitrogens with zero attached hydrogens (tertiary/aromatic N) is 5. The summed E-state index contributed by atoms with van der Waals surface area (Å²) in [4.78, 5) is 12.2. The fourth-order valence-electron chi connectivity index (χ4n) is 2.47. The van der Waals surface area contributed by atoms with Gasteiger partial charge in [0, 0.05) is 0 Å². The average Bonchev–Trinajstić information content (AvgIpc) is 2.97. The molecular formula is C14H17FN5O+. The molecule has 0 atom stereocenters. The summed E-state index contributed by atoms with van der Waals surface area (Å²) in [5, 5.41) is 4.02. The van der Waals surface area contributed by atoms with E-state index in [0.717, 1.165) is 0 Å². The largest absolute Gasteiger partial charge is 0.474 e. The van der Waals surface area contributed by atoms with E-state index in [-0.39, 0.29) is 6.10 Å². The Balaban J connectivity index is 1.70. The van der Waals surface area contributed by atoms with Gasteiger partial charge in [0.15, 0.2) is 6.34 Å². The number of hydrogen-bond donors (Lipinski definition) is 0. The van der Waals surface area contributed by atoms with Gasteiger partial charge in [0.25, 0.3) is 12.2 Å². The third kappa shape index (κ3) is 2.96. The van der Waals surface area contributed by atoms with Crippen LogP contribution in [0.5, 0.6) is 0 Å². The minimum absolute atomic E-state index is 0.0344. The van der Waals surface area contributed by atoms with Gasteiger partial charge in [0.1, 0.15) is 17.3 Å². The van der Waals surface area contributed by atoms with Crippen LogP contribution < -0.4 is 0 Å². The van der Waals surface area contributed by atoms with Gasteiger partial charge in [-0.05, 0) is 32.6 Å². The van der Waals surface area contributed by atoms with Crippen LogP contribution in [0.4, 0.5) is 4.39 Å². The molecule has 0 amide bonds. The van der Waals surface area contributed by atoms with Gasteiger partial charge in [-0.15, -0.1) is 4.68 Å². The molecule has 0 unspecified atom stereocenters.